The molecule has 130 valence electrons. The van der Waals surface area contributed by atoms with Crippen molar-refractivity contribution in [1.82, 2.24) is 0 Å². The van der Waals surface area contributed by atoms with E-state index < -0.39 is 0 Å². The zero-order valence-electron chi connectivity index (χ0n) is 14.9. The highest BCUT2D eigenvalue weighted by Crippen LogP contribution is 2.42. The van der Waals surface area contributed by atoms with Crippen LogP contribution in [0.4, 0.5) is 17.1 Å². The zero-order chi connectivity index (χ0) is 18.2. The molecule has 0 bridgehead atoms. The third-order valence-corrected chi connectivity index (χ3v) is 5.40. The Hall–Kier alpha value is -3.39. The van der Waals surface area contributed by atoms with Crippen LogP contribution in [0.1, 0.15) is 21.5 Å². The predicted molar refractivity (Wildman–Crippen MR) is 111 cm³/mol. The summed E-state index contributed by atoms with van der Waals surface area (Å²) in [5.41, 5.74) is 6.89. The summed E-state index contributed by atoms with van der Waals surface area (Å²) in [6.07, 6.45) is 3.13. The highest BCUT2D eigenvalue weighted by atomic mass is 16.1. The Kier molecular flexibility index (Phi) is 3.75. The van der Waals surface area contributed by atoms with Gasteiger partial charge in [-0.1, -0.05) is 42.5 Å². The van der Waals surface area contributed by atoms with E-state index in [9.17, 15) is 4.79 Å². The molecule has 4 aromatic carbocycles. The molecule has 0 N–H and O–H groups in total. The number of benzene rings is 4. The Balaban J connectivity index is 1.77. The number of para-hydroxylation sites is 1. The van der Waals surface area contributed by atoms with Gasteiger partial charge in [0, 0.05) is 22.3 Å². The topological polar surface area (TPSA) is 20.3 Å². The van der Waals surface area contributed by atoms with Gasteiger partial charge in [0.05, 0.1) is 5.69 Å². The summed E-state index contributed by atoms with van der Waals surface area (Å²) in [5, 5.41) is 2.69. The Morgan fingerprint density at radius 2 is 1.37 bits per heavy atom. The second kappa shape index (κ2) is 6.40. The molecule has 1 aliphatic carbocycles. The number of hydrogen-bond acceptors (Lipinski definition) is 2. The van der Waals surface area contributed by atoms with Crippen LogP contribution in [0.25, 0.3) is 10.8 Å². The lowest BCUT2D eigenvalue weighted by atomic mass is 10.0. The fourth-order valence-corrected chi connectivity index (χ4v) is 4.13. The monoisotopic (exact) mass is 349 g/mol. The molecule has 0 saturated heterocycles. The van der Waals surface area contributed by atoms with Crippen molar-refractivity contribution < 1.29 is 4.79 Å². The molecule has 27 heavy (non-hydrogen) atoms. The molecule has 0 atom stereocenters. The molecule has 0 saturated carbocycles. The highest BCUT2D eigenvalue weighted by Gasteiger charge is 2.20. The molecule has 0 amide bonds. The van der Waals surface area contributed by atoms with Crippen LogP contribution in [0, 0.1) is 0 Å². The second-order valence-electron chi connectivity index (χ2n) is 6.96. The maximum absolute atomic E-state index is 11.1. The van der Waals surface area contributed by atoms with Crippen LogP contribution in [0.3, 0.4) is 0 Å². The fourth-order valence-electron chi connectivity index (χ4n) is 4.13. The van der Waals surface area contributed by atoms with Crippen molar-refractivity contribution in [3.63, 3.8) is 0 Å². The van der Waals surface area contributed by atoms with Gasteiger partial charge < -0.3 is 4.90 Å². The van der Waals surface area contributed by atoms with Gasteiger partial charge in [-0.2, -0.15) is 0 Å². The first-order valence-corrected chi connectivity index (χ1v) is 9.29. The molecule has 0 spiro atoms. The Bertz CT molecular complexity index is 1120. The molecule has 4 aromatic rings. The van der Waals surface area contributed by atoms with Gasteiger partial charge in [-0.15, -0.1) is 0 Å². The van der Waals surface area contributed by atoms with E-state index in [0.29, 0.717) is 5.56 Å². The molecule has 0 fully saturated rings. The molecule has 0 radical (unpaired) electrons. The summed E-state index contributed by atoms with van der Waals surface area (Å²) in [4.78, 5) is 13.3. The molecular weight excluding hydrogens is 330 g/mol. The minimum atomic E-state index is 0.687. The number of nitrogens with zero attached hydrogens (tertiary/aromatic N) is 1. The summed E-state index contributed by atoms with van der Waals surface area (Å²) in [7, 11) is 0. The van der Waals surface area contributed by atoms with Gasteiger partial charge in [0.15, 0.2) is 0 Å². The minimum Gasteiger partial charge on any atom is -0.310 e. The summed E-state index contributed by atoms with van der Waals surface area (Å²) < 4.78 is 0. The standard InChI is InChI=1S/C25H19NO/c27-17-18-9-14-22(15-10-18)26(21-6-2-1-3-7-21)24-16-13-20-12-11-19-5-4-8-23(24)25(19)20/h1-10,13-17H,11-12H2. The van der Waals surface area contributed by atoms with Gasteiger partial charge in [0.1, 0.15) is 6.29 Å². The van der Waals surface area contributed by atoms with Crippen molar-refractivity contribution in [3.8, 4) is 0 Å². The van der Waals surface area contributed by atoms with Crippen LogP contribution >= 0.6 is 0 Å². The van der Waals surface area contributed by atoms with Crippen molar-refractivity contribution in [2.75, 3.05) is 4.90 Å². The lowest BCUT2D eigenvalue weighted by Crippen LogP contribution is -2.10. The van der Waals surface area contributed by atoms with E-state index in [1.807, 2.05) is 30.3 Å². The molecule has 2 nitrogen and oxygen atoms in total. The SMILES string of the molecule is O=Cc1ccc(N(c2ccccc2)c2ccc3c4c(cccc24)CC3)cc1. The minimum absolute atomic E-state index is 0.687. The zero-order valence-corrected chi connectivity index (χ0v) is 14.9. The van der Waals surface area contributed by atoms with E-state index in [2.05, 4.69) is 59.5 Å². The number of aryl methyl sites for hydroxylation is 2. The number of rotatable bonds is 4. The second-order valence-corrected chi connectivity index (χ2v) is 6.96. The summed E-state index contributed by atoms with van der Waals surface area (Å²) in [6.45, 7) is 0. The van der Waals surface area contributed by atoms with Gasteiger partial charge in [-0.3, -0.25) is 4.79 Å². The van der Waals surface area contributed by atoms with E-state index in [-0.39, 0.29) is 0 Å². The van der Waals surface area contributed by atoms with Crippen LogP contribution < -0.4 is 4.90 Å². The van der Waals surface area contributed by atoms with E-state index in [1.54, 1.807) is 0 Å². The van der Waals surface area contributed by atoms with E-state index >= 15 is 0 Å². The summed E-state index contributed by atoms with van der Waals surface area (Å²) in [5.74, 6) is 0. The predicted octanol–water partition coefficient (Wildman–Crippen LogP) is 6.22. The number of hydrogen-bond donors (Lipinski definition) is 0. The van der Waals surface area contributed by atoms with Crippen LogP contribution in [0.2, 0.25) is 0 Å². The summed E-state index contributed by atoms with van der Waals surface area (Å²) >= 11 is 0. The number of carbonyl (C=O) groups is 1. The number of anilines is 3. The van der Waals surface area contributed by atoms with Gasteiger partial charge in [-0.05, 0) is 71.8 Å². The maximum Gasteiger partial charge on any atom is 0.150 e. The number of aldehydes is 1. The molecule has 0 aliphatic heterocycles. The van der Waals surface area contributed by atoms with Gasteiger partial charge >= 0.3 is 0 Å². The van der Waals surface area contributed by atoms with E-state index in [1.165, 1.54) is 27.6 Å². The molecule has 0 unspecified atom stereocenters. The Morgan fingerprint density at radius 3 is 2.11 bits per heavy atom. The normalized spacial score (nSPS) is 12.3. The molecule has 0 heterocycles. The Labute approximate surface area is 158 Å². The lowest BCUT2D eigenvalue weighted by Gasteiger charge is -2.27. The smallest absolute Gasteiger partial charge is 0.150 e. The maximum atomic E-state index is 11.1. The van der Waals surface area contributed by atoms with Crippen molar-refractivity contribution in [2.24, 2.45) is 0 Å². The number of carbonyl (C=O) groups excluding carboxylic acids is 1. The third-order valence-electron chi connectivity index (χ3n) is 5.40. The summed E-state index contributed by atoms with van der Waals surface area (Å²) in [6, 6.07) is 29.3. The largest absolute Gasteiger partial charge is 0.310 e. The van der Waals surface area contributed by atoms with Crippen LogP contribution in [0.15, 0.2) is 84.9 Å². The Morgan fingerprint density at radius 1 is 0.667 bits per heavy atom. The average molecular weight is 349 g/mol. The molecule has 2 heteroatoms. The quantitative estimate of drug-likeness (QED) is 0.408. The van der Waals surface area contributed by atoms with Gasteiger partial charge in [0.2, 0.25) is 0 Å². The highest BCUT2D eigenvalue weighted by molar-refractivity contribution is 6.03. The lowest BCUT2D eigenvalue weighted by molar-refractivity contribution is 0.112. The van der Waals surface area contributed by atoms with Crippen molar-refractivity contribution in [3.05, 3.63) is 102 Å². The van der Waals surface area contributed by atoms with Crippen LogP contribution in [-0.2, 0) is 12.8 Å². The molecule has 5 rings (SSSR count). The van der Waals surface area contributed by atoms with E-state index in [4.69, 9.17) is 0 Å². The van der Waals surface area contributed by atoms with Crippen molar-refractivity contribution in [1.29, 1.82) is 0 Å². The van der Waals surface area contributed by atoms with Crippen LogP contribution in [0.5, 0.6) is 0 Å². The first-order valence-electron chi connectivity index (χ1n) is 9.29. The fraction of sp³-hybridized carbons (Fsp3) is 0.0800. The van der Waals surface area contributed by atoms with Gasteiger partial charge in [0.25, 0.3) is 0 Å². The van der Waals surface area contributed by atoms with Gasteiger partial charge in [-0.25, -0.2) is 0 Å². The van der Waals surface area contributed by atoms with Crippen molar-refractivity contribution in [2.45, 2.75) is 12.8 Å². The molecule has 0 aromatic heterocycles. The van der Waals surface area contributed by atoms with Crippen LogP contribution in [-0.4, -0.2) is 6.29 Å². The average Bonchev–Trinajstić information content (AvgIpc) is 3.16. The molecule has 1 aliphatic rings. The molecular formula is C25H19NO. The third kappa shape index (κ3) is 2.61. The first kappa shape index (κ1) is 15.8. The van der Waals surface area contributed by atoms with Crippen molar-refractivity contribution >= 4 is 34.1 Å². The first-order chi connectivity index (χ1) is 13.3. The van der Waals surface area contributed by atoms with E-state index in [0.717, 1.165) is 30.5 Å².